The first-order valence-electron chi connectivity index (χ1n) is 10.0. The highest BCUT2D eigenvalue weighted by molar-refractivity contribution is 5.95. The lowest BCUT2D eigenvalue weighted by Gasteiger charge is -2.24. The Balaban J connectivity index is 1.57. The maximum Gasteiger partial charge on any atom is 0.271 e. The van der Waals surface area contributed by atoms with Crippen LogP contribution in [0.15, 0.2) is 29.9 Å². The number of rotatable bonds is 6. The van der Waals surface area contributed by atoms with E-state index < -0.39 is 0 Å². The molecule has 2 unspecified atom stereocenters. The number of amides is 2. The summed E-state index contributed by atoms with van der Waals surface area (Å²) in [6.45, 7) is 9.13. The van der Waals surface area contributed by atoms with Gasteiger partial charge in [-0.3, -0.25) is 14.7 Å². The van der Waals surface area contributed by atoms with Gasteiger partial charge in [0, 0.05) is 24.7 Å². The minimum absolute atomic E-state index is 0.0532. The normalized spacial score (nSPS) is 22.1. The second kappa shape index (κ2) is 8.73. The second-order valence-electron chi connectivity index (χ2n) is 8.03. The van der Waals surface area contributed by atoms with Crippen molar-refractivity contribution in [2.45, 2.75) is 64.7 Å². The Morgan fingerprint density at radius 3 is 2.79 bits per heavy atom. The Labute approximate surface area is 166 Å². The van der Waals surface area contributed by atoms with Gasteiger partial charge in [-0.2, -0.15) is 5.10 Å². The number of carbonyl (C=O) groups excluding carboxylic acids is 2. The van der Waals surface area contributed by atoms with Gasteiger partial charge in [0.2, 0.25) is 5.91 Å². The van der Waals surface area contributed by atoms with Crippen molar-refractivity contribution >= 4 is 11.8 Å². The van der Waals surface area contributed by atoms with Crippen LogP contribution in [0.1, 0.15) is 62.6 Å². The van der Waals surface area contributed by atoms with E-state index in [1.54, 1.807) is 4.90 Å². The largest absolute Gasteiger partial charge is 0.370 e. The van der Waals surface area contributed by atoms with Gasteiger partial charge in [0.15, 0.2) is 0 Å². The van der Waals surface area contributed by atoms with Crippen molar-refractivity contribution in [2.24, 2.45) is 0 Å². The van der Waals surface area contributed by atoms with Gasteiger partial charge in [0.1, 0.15) is 5.69 Å². The number of hydrogen-bond donors (Lipinski definition) is 2. The molecule has 1 saturated heterocycles. The van der Waals surface area contributed by atoms with Crippen molar-refractivity contribution in [3.8, 4) is 0 Å². The second-order valence-corrected chi connectivity index (χ2v) is 8.03. The van der Waals surface area contributed by atoms with Crippen LogP contribution in [0.2, 0.25) is 0 Å². The highest BCUT2D eigenvalue weighted by Crippen LogP contribution is 2.20. The minimum atomic E-state index is -0.219. The summed E-state index contributed by atoms with van der Waals surface area (Å²) in [6.07, 6.45) is 6.99. The molecule has 7 nitrogen and oxygen atoms in total. The standard InChI is InChI=1S/C21H30N4O3/c1-13(2)17-11-18(24-23-17)21(27)25-10-9-15(12-25)22-20(26)16-7-5-6-8-19(16)28-14(3)4/h5-7,11,13-15,19H,8-10,12H2,1-4H3,(H,22,26)(H,23,24). The third-order valence-electron chi connectivity index (χ3n) is 5.04. The zero-order chi connectivity index (χ0) is 20.3. The molecule has 152 valence electrons. The lowest BCUT2D eigenvalue weighted by molar-refractivity contribution is -0.119. The number of likely N-dealkylation sites (tertiary alicyclic amines) is 1. The number of nitrogens with zero attached hydrogens (tertiary/aromatic N) is 2. The summed E-state index contributed by atoms with van der Waals surface area (Å²) < 4.78 is 5.87. The molecule has 1 aromatic heterocycles. The summed E-state index contributed by atoms with van der Waals surface area (Å²) in [5.41, 5.74) is 2.03. The van der Waals surface area contributed by atoms with Gasteiger partial charge >= 0.3 is 0 Å². The summed E-state index contributed by atoms with van der Waals surface area (Å²) in [4.78, 5) is 27.2. The van der Waals surface area contributed by atoms with Crippen molar-refractivity contribution in [1.29, 1.82) is 0 Å². The van der Waals surface area contributed by atoms with Gasteiger partial charge in [-0.25, -0.2) is 0 Å². The van der Waals surface area contributed by atoms with Gasteiger partial charge in [-0.05, 0) is 38.7 Å². The number of carbonyl (C=O) groups is 2. The van der Waals surface area contributed by atoms with E-state index in [1.165, 1.54) is 0 Å². The molecule has 0 aromatic carbocycles. The van der Waals surface area contributed by atoms with Gasteiger partial charge in [-0.15, -0.1) is 0 Å². The lowest BCUT2D eigenvalue weighted by atomic mass is 10.00. The molecule has 0 radical (unpaired) electrons. The average molecular weight is 386 g/mol. The Hall–Kier alpha value is -2.41. The number of ether oxygens (including phenoxy) is 1. The third kappa shape index (κ3) is 4.70. The molecule has 1 fully saturated rings. The average Bonchev–Trinajstić information content (AvgIpc) is 3.31. The molecule has 1 aromatic rings. The maximum atomic E-state index is 12.8. The lowest BCUT2D eigenvalue weighted by Crippen LogP contribution is -2.41. The van der Waals surface area contributed by atoms with Crippen molar-refractivity contribution < 1.29 is 14.3 Å². The zero-order valence-electron chi connectivity index (χ0n) is 17.1. The quantitative estimate of drug-likeness (QED) is 0.787. The number of aromatic nitrogens is 2. The minimum Gasteiger partial charge on any atom is -0.370 e. The Morgan fingerprint density at radius 1 is 1.32 bits per heavy atom. The van der Waals surface area contributed by atoms with E-state index in [1.807, 2.05) is 52.0 Å². The monoisotopic (exact) mass is 386 g/mol. The molecule has 2 heterocycles. The van der Waals surface area contributed by atoms with Gasteiger partial charge in [-0.1, -0.05) is 32.1 Å². The van der Waals surface area contributed by atoms with Crippen LogP contribution in [0.3, 0.4) is 0 Å². The topological polar surface area (TPSA) is 87.3 Å². The van der Waals surface area contributed by atoms with Crippen molar-refractivity contribution in [2.75, 3.05) is 13.1 Å². The van der Waals surface area contributed by atoms with Crippen LogP contribution < -0.4 is 5.32 Å². The SMILES string of the molecule is CC(C)OC1CC=CC=C1C(=O)NC1CCN(C(=O)c2cc(C(C)C)n[nH]2)C1. The van der Waals surface area contributed by atoms with Crippen molar-refractivity contribution in [3.63, 3.8) is 0 Å². The number of H-pyrrole nitrogens is 1. The molecule has 1 aliphatic carbocycles. The molecule has 0 bridgehead atoms. The summed E-state index contributed by atoms with van der Waals surface area (Å²) in [6, 6.07) is 1.75. The smallest absolute Gasteiger partial charge is 0.271 e. The van der Waals surface area contributed by atoms with E-state index >= 15 is 0 Å². The summed E-state index contributed by atoms with van der Waals surface area (Å²) in [5, 5.41) is 10.1. The summed E-state index contributed by atoms with van der Waals surface area (Å²) in [5.74, 6) is 0.0807. The summed E-state index contributed by atoms with van der Waals surface area (Å²) >= 11 is 0. The number of nitrogens with one attached hydrogen (secondary N) is 2. The van der Waals surface area contributed by atoms with E-state index in [2.05, 4.69) is 15.5 Å². The van der Waals surface area contributed by atoms with Crippen LogP contribution in [-0.4, -0.2) is 58.3 Å². The van der Waals surface area contributed by atoms with E-state index in [4.69, 9.17) is 4.74 Å². The number of allylic oxidation sites excluding steroid dienone is 2. The Morgan fingerprint density at radius 2 is 2.11 bits per heavy atom. The molecule has 2 N–H and O–H groups in total. The fourth-order valence-corrected chi connectivity index (χ4v) is 3.53. The number of hydrogen-bond acceptors (Lipinski definition) is 4. The molecular formula is C21H30N4O3. The van der Waals surface area contributed by atoms with E-state index in [-0.39, 0.29) is 36.0 Å². The van der Waals surface area contributed by atoms with Crippen LogP contribution in [0.5, 0.6) is 0 Å². The third-order valence-corrected chi connectivity index (χ3v) is 5.04. The van der Waals surface area contributed by atoms with E-state index in [0.717, 1.165) is 12.1 Å². The Kier molecular flexibility index (Phi) is 6.34. The first kappa shape index (κ1) is 20.3. The van der Waals surface area contributed by atoms with Crippen LogP contribution >= 0.6 is 0 Å². The molecule has 2 amide bonds. The van der Waals surface area contributed by atoms with Crippen molar-refractivity contribution in [1.82, 2.24) is 20.4 Å². The predicted octanol–water partition coefficient (Wildman–Crippen LogP) is 2.54. The van der Waals surface area contributed by atoms with Gasteiger partial charge < -0.3 is 15.0 Å². The Bertz CT molecular complexity index is 778. The zero-order valence-corrected chi connectivity index (χ0v) is 17.1. The molecule has 0 spiro atoms. The van der Waals surface area contributed by atoms with Gasteiger partial charge in [0.05, 0.1) is 17.9 Å². The molecule has 2 atom stereocenters. The fourth-order valence-electron chi connectivity index (χ4n) is 3.53. The molecule has 3 rings (SSSR count). The van der Waals surface area contributed by atoms with E-state index in [9.17, 15) is 9.59 Å². The predicted molar refractivity (Wildman–Crippen MR) is 107 cm³/mol. The molecule has 28 heavy (non-hydrogen) atoms. The highest BCUT2D eigenvalue weighted by Gasteiger charge is 2.31. The molecular weight excluding hydrogens is 356 g/mol. The molecule has 1 aliphatic heterocycles. The molecule has 0 saturated carbocycles. The van der Waals surface area contributed by atoms with Crippen LogP contribution in [0, 0.1) is 0 Å². The summed E-state index contributed by atoms with van der Waals surface area (Å²) in [7, 11) is 0. The van der Waals surface area contributed by atoms with Crippen molar-refractivity contribution in [3.05, 3.63) is 41.3 Å². The van der Waals surface area contributed by atoms with Crippen LogP contribution in [-0.2, 0) is 9.53 Å². The number of aromatic amines is 1. The van der Waals surface area contributed by atoms with E-state index in [0.29, 0.717) is 30.8 Å². The molecule has 7 heteroatoms. The highest BCUT2D eigenvalue weighted by atomic mass is 16.5. The maximum absolute atomic E-state index is 12.8. The molecule has 2 aliphatic rings. The van der Waals surface area contributed by atoms with Gasteiger partial charge in [0.25, 0.3) is 5.91 Å². The van der Waals surface area contributed by atoms with Crippen LogP contribution in [0.25, 0.3) is 0 Å². The van der Waals surface area contributed by atoms with Crippen LogP contribution in [0.4, 0.5) is 0 Å². The fraction of sp³-hybridized carbons (Fsp3) is 0.571. The first-order chi connectivity index (χ1) is 13.3. The first-order valence-corrected chi connectivity index (χ1v) is 10.0.